The van der Waals surface area contributed by atoms with Crippen LogP contribution >= 0.6 is 11.8 Å². The lowest BCUT2D eigenvalue weighted by Gasteiger charge is -2.04. The number of imidazole rings is 1. The molecule has 2 heterocycles. The van der Waals surface area contributed by atoms with Gasteiger partial charge in [0.2, 0.25) is 0 Å². The van der Waals surface area contributed by atoms with Crippen LogP contribution in [-0.4, -0.2) is 27.0 Å². The number of nitrogens with one attached hydrogen (secondary N) is 2. The molecule has 0 bridgehead atoms. The fourth-order valence-electron chi connectivity index (χ4n) is 2.06. The molecular weight excluding hydrogens is 282 g/mol. The zero-order valence-corrected chi connectivity index (χ0v) is 13.1. The minimum Gasteiger partial charge on any atom is -0.373 e. The largest absolute Gasteiger partial charge is 0.373 e. The van der Waals surface area contributed by atoms with Gasteiger partial charge in [-0.2, -0.15) is 0 Å². The molecule has 3 aromatic rings. The SMILES string of the molecule is CCc1nc(NC)cc(Sc2nc3ccc(C)cc3[nH]2)n1. The summed E-state index contributed by atoms with van der Waals surface area (Å²) in [6.07, 6.45) is 0.808. The highest BCUT2D eigenvalue weighted by atomic mass is 32.2. The molecule has 0 saturated carbocycles. The lowest BCUT2D eigenvalue weighted by molar-refractivity contribution is 0.888. The summed E-state index contributed by atoms with van der Waals surface area (Å²) in [4.78, 5) is 16.9. The van der Waals surface area contributed by atoms with Crippen molar-refractivity contribution in [3.05, 3.63) is 35.7 Å². The zero-order chi connectivity index (χ0) is 14.8. The highest BCUT2D eigenvalue weighted by molar-refractivity contribution is 7.99. The highest BCUT2D eigenvalue weighted by Crippen LogP contribution is 2.27. The van der Waals surface area contributed by atoms with Crippen LogP contribution in [0.1, 0.15) is 18.3 Å². The summed E-state index contributed by atoms with van der Waals surface area (Å²) in [6.45, 7) is 4.12. The lowest BCUT2D eigenvalue weighted by Crippen LogP contribution is -2.00. The van der Waals surface area contributed by atoms with E-state index in [2.05, 4.69) is 44.3 Å². The monoisotopic (exact) mass is 299 g/mol. The van der Waals surface area contributed by atoms with E-state index >= 15 is 0 Å². The maximum absolute atomic E-state index is 4.59. The van der Waals surface area contributed by atoms with Gasteiger partial charge < -0.3 is 10.3 Å². The predicted molar refractivity (Wildman–Crippen MR) is 85.9 cm³/mol. The molecule has 0 unspecified atom stereocenters. The molecule has 0 aliphatic carbocycles. The van der Waals surface area contributed by atoms with E-state index in [9.17, 15) is 0 Å². The van der Waals surface area contributed by atoms with E-state index in [1.54, 1.807) is 0 Å². The quantitative estimate of drug-likeness (QED) is 0.723. The van der Waals surface area contributed by atoms with Crippen LogP contribution in [0.15, 0.2) is 34.4 Å². The molecule has 3 rings (SSSR count). The van der Waals surface area contributed by atoms with E-state index in [4.69, 9.17) is 0 Å². The molecule has 21 heavy (non-hydrogen) atoms. The van der Waals surface area contributed by atoms with E-state index in [-0.39, 0.29) is 0 Å². The van der Waals surface area contributed by atoms with Crippen LogP contribution in [0.25, 0.3) is 11.0 Å². The van der Waals surface area contributed by atoms with Crippen molar-refractivity contribution < 1.29 is 0 Å². The predicted octanol–water partition coefficient (Wildman–Crippen LogP) is 3.42. The third-order valence-corrected chi connectivity index (χ3v) is 3.94. The Kier molecular flexibility index (Phi) is 3.79. The molecule has 0 atom stereocenters. The van der Waals surface area contributed by atoms with Gasteiger partial charge in [-0.15, -0.1) is 0 Å². The van der Waals surface area contributed by atoms with Gasteiger partial charge in [0.25, 0.3) is 0 Å². The standard InChI is InChI=1S/C15H17N5S/c1-4-12-19-13(16-3)8-14(20-12)21-15-17-10-6-5-9(2)7-11(10)18-15/h5-8H,4H2,1-3H3,(H,17,18)(H,16,19,20). The van der Waals surface area contributed by atoms with Crippen molar-refractivity contribution in [3.8, 4) is 0 Å². The summed E-state index contributed by atoms with van der Waals surface area (Å²) in [5, 5.41) is 4.80. The first kappa shape index (κ1) is 13.9. The minimum atomic E-state index is 0.808. The number of hydrogen-bond acceptors (Lipinski definition) is 5. The molecule has 2 aromatic heterocycles. The van der Waals surface area contributed by atoms with Crippen LogP contribution < -0.4 is 5.32 Å². The van der Waals surface area contributed by atoms with E-state index in [0.717, 1.165) is 39.3 Å². The Hall–Kier alpha value is -2.08. The lowest BCUT2D eigenvalue weighted by atomic mass is 10.2. The van der Waals surface area contributed by atoms with Gasteiger partial charge in [0.1, 0.15) is 16.7 Å². The summed E-state index contributed by atoms with van der Waals surface area (Å²) in [7, 11) is 1.86. The molecule has 2 N–H and O–H groups in total. The molecule has 1 aromatic carbocycles. The average molecular weight is 299 g/mol. The maximum Gasteiger partial charge on any atom is 0.172 e. The topological polar surface area (TPSA) is 66.5 Å². The van der Waals surface area contributed by atoms with E-state index < -0.39 is 0 Å². The molecule has 0 aliphatic heterocycles. The number of fused-ring (bicyclic) bond motifs is 1. The molecule has 0 saturated heterocycles. The van der Waals surface area contributed by atoms with Gasteiger partial charge in [-0.05, 0) is 36.4 Å². The van der Waals surface area contributed by atoms with Crippen molar-refractivity contribution in [2.75, 3.05) is 12.4 Å². The van der Waals surface area contributed by atoms with Gasteiger partial charge in [0.15, 0.2) is 5.16 Å². The van der Waals surface area contributed by atoms with Crippen molar-refractivity contribution in [2.45, 2.75) is 30.5 Å². The Labute approximate surface area is 127 Å². The molecule has 0 aliphatic rings. The zero-order valence-electron chi connectivity index (χ0n) is 12.3. The van der Waals surface area contributed by atoms with Gasteiger partial charge >= 0.3 is 0 Å². The minimum absolute atomic E-state index is 0.808. The van der Waals surface area contributed by atoms with Crippen LogP contribution in [0.2, 0.25) is 0 Å². The second-order valence-corrected chi connectivity index (χ2v) is 5.78. The molecule has 5 nitrogen and oxygen atoms in total. The van der Waals surface area contributed by atoms with Crippen LogP contribution in [-0.2, 0) is 6.42 Å². The van der Waals surface area contributed by atoms with Crippen molar-refractivity contribution in [1.29, 1.82) is 0 Å². The Morgan fingerprint density at radius 3 is 2.81 bits per heavy atom. The summed E-state index contributed by atoms with van der Waals surface area (Å²) in [5.74, 6) is 1.66. The summed E-state index contributed by atoms with van der Waals surface area (Å²) in [6, 6.07) is 8.13. The summed E-state index contributed by atoms with van der Waals surface area (Å²) >= 11 is 1.52. The molecule has 0 amide bonds. The molecule has 6 heteroatoms. The van der Waals surface area contributed by atoms with Crippen LogP contribution in [0.4, 0.5) is 5.82 Å². The summed E-state index contributed by atoms with van der Waals surface area (Å²) < 4.78 is 0. The van der Waals surface area contributed by atoms with Gasteiger partial charge in [0.05, 0.1) is 11.0 Å². The van der Waals surface area contributed by atoms with Gasteiger partial charge in [-0.25, -0.2) is 15.0 Å². The molecule has 0 radical (unpaired) electrons. The first-order valence-corrected chi connectivity index (χ1v) is 7.69. The third-order valence-electron chi connectivity index (χ3n) is 3.14. The van der Waals surface area contributed by atoms with Gasteiger partial charge in [-0.1, -0.05) is 13.0 Å². The smallest absolute Gasteiger partial charge is 0.172 e. The fraction of sp³-hybridized carbons (Fsp3) is 0.267. The van der Waals surface area contributed by atoms with E-state index in [0.29, 0.717) is 0 Å². The second kappa shape index (κ2) is 5.73. The van der Waals surface area contributed by atoms with Gasteiger partial charge in [0, 0.05) is 19.5 Å². The van der Waals surface area contributed by atoms with Crippen LogP contribution in [0.3, 0.4) is 0 Å². The van der Waals surface area contributed by atoms with Crippen LogP contribution in [0.5, 0.6) is 0 Å². The number of nitrogens with zero attached hydrogens (tertiary/aromatic N) is 3. The Bertz CT molecular complexity index is 759. The number of aryl methyl sites for hydroxylation is 2. The number of hydrogen-bond donors (Lipinski definition) is 2. The third kappa shape index (κ3) is 3.00. The molecule has 108 valence electrons. The molecule has 0 fully saturated rings. The second-order valence-electron chi connectivity index (χ2n) is 4.78. The fourth-order valence-corrected chi connectivity index (χ4v) is 2.88. The number of aromatic nitrogens is 4. The average Bonchev–Trinajstić information content (AvgIpc) is 2.87. The Morgan fingerprint density at radius 2 is 2.05 bits per heavy atom. The number of benzene rings is 1. The van der Waals surface area contributed by atoms with Crippen LogP contribution in [0, 0.1) is 6.92 Å². The van der Waals surface area contributed by atoms with Crippen molar-refractivity contribution in [3.63, 3.8) is 0 Å². The van der Waals surface area contributed by atoms with Crippen molar-refractivity contribution in [1.82, 2.24) is 19.9 Å². The number of H-pyrrole nitrogens is 1. The normalized spacial score (nSPS) is 11.0. The van der Waals surface area contributed by atoms with Crippen molar-refractivity contribution >= 4 is 28.6 Å². The Balaban J connectivity index is 1.94. The maximum atomic E-state index is 4.59. The van der Waals surface area contributed by atoms with E-state index in [1.165, 1.54) is 17.3 Å². The number of aromatic amines is 1. The number of rotatable bonds is 4. The number of anilines is 1. The van der Waals surface area contributed by atoms with Gasteiger partial charge in [-0.3, -0.25) is 0 Å². The first-order chi connectivity index (χ1) is 10.2. The molecule has 0 spiro atoms. The highest BCUT2D eigenvalue weighted by Gasteiger charge is 2.08. The molecular formula is C15H17N5S. The Morgan fingerprint density at radius 1 is 1.19 bits per heavy atom. The van der Waals surface area contributed by atoms with Crippen molar-refractivity contribution in [2.24, 2.45) is 0 Å². The summed E-state index contributed by atoms with van der Waals surface area (Å²) in [5.41, 5.74) is 3.24. The first-order valence-electron chi connectivity index (χ1n) is 6.88. The van der Waals surface area contributed by atoms with E-state index in [1.807, 2.05) is 26.1 Å².